The number of hydrogen-bond donors (Lipinski definition) is 0. The van der Waals surface area contributed by atoms with Crippen molar-refractivity contribution in [1.82, 2.24) is 0 Å². The average Bonchev–Trinajstić information content (AvgIpc) is 2.31. The number of alkyl halides is 4. The Morgan fingerprint density at radius 1 is 1.26 bits per heavy atom. The van der Waals surface area contributed by atoms with Crippen LogP contribution in [0.15, 0.2) is 24.3 Å². The van der Waals surface area contributed by atoms with Gasteiger partial charge in [0.15, 0.2) is 5.78 Å². The van der Waals surface area contributed by atoms with E-state index in [2.05, 4.69) is 4.74 Å². The standard InChI is InChI=1S/C12H11ClF4O2/c13-9-3-1-8(2-4-9)5-10(18)6-19-7-12(16,17)11(14)15/h1-4,11H,5-7H2. The number of carbonyl (C=O) groups is 1. The van der Waals surface area contributed by atoms with E-state index in [1.54, 1.807) is 24.3 Å². The smallest absolute Gasteiger partial charge is 0.330 e. The van der Waals surface area contributed by atoms with Gasteiger partial charge < -0.3 is 4.74 Å². The number of carbonyl (C=O) groups excluding carboxylic acids is 1. The maximum absolute atomic E-state index is 12.5. The molecule has 0 amide bonds. The van der Waals surface area contributed by atoms with E-state index in [9.17, 15) is 22.4 Å². The van der Waals surface area contributed by atoms with Gasteiger partial charge in [-0.15, -0.1) is 0 Å². The van der Waals surface area contributed by atoms with Crippen LogP contribution in [-0.2, 0) is 16.0 Å². The van der Waals surface area contributed by atoms with Crippen molar-refractivity contribution < 1.29 is 27.1 Å². The fourth-order valence-electron chi connectivity index (χ4n) is 1.24. The molecule has 0 heterocycles. The van der Waals surface area contributed by atoms with Crippen LogP contribution in [0.1, 0.15) is 5.56 Å². The molecule has 0 atom stereocenters. The van der Waals surface area contributed by atoms with Crippen LogP contribution in [0.2, 0.25) is 5.02 Å². The minimum Gasteiger partial charge on any atom is -0.367 e. The molecule has 0 aliphatic rings. The molecule has 0 fully saturated rings. The molecule has 0 N–H and O–H groups in total. The second kappa shape index (κ2) is 6.86. The van der Waals surface area contributed by atoms with Crippen LogP contribution in [0.3, 0.4) is 0 Å². The molecule has 2 nitrogen and oxygen atoms in total. The SMILES string of the molecule is O=C(COCC(F)(F)C(F)F)Cc1ccc(Cl)cc1. The van der Waals surface area contributed by atoms with Gasteiger partial charge in [-0.2, -0.15) is 8.78 Å². The predicted molar refractivity (Wildman–Crippen MR) is 61.9 cm³/mol. The van der Waals surface area contributed by atoms with Crippen LogP contribution in [-0.4, -0.2) is 31.3 Å². The largest absolute Gasteiger partial charge is 0.367 e. The van der Waals surface area contributed by atoms with Crippen LogP contribution in [0.4, 0.5) is 17.6 Å². The molecular weight excluding hydrogens is 288 g/mol. The number of benzene rings is 1. The first kappa shape index (κ1) is 15.9. The topological polar surface area (TPSA) is 26.3 Å². The molecule has 0 bridgehead atoms. The van der Waals surface area contributed by atoms with Crippen LogP contribution in [0.5, 0.6) is 0 Å². The molecular formula is C12H11ClF4O2. The van der Waals surface area contributed by atoms with Gasteiger partial charge in [0.1, 0.15) is 13.2 Å². The van der Waals surface area contributed by atoms with Crippen LogP contribution in [0, 0.1) is 0 Å². The van der Waals surface area contributed by atoms with Gasteiger partial charge in [0.25, 0.3) is 0 Å². The van der Waals surface area contributed by atoms with Gasteiger partial charge in [0.05, 0.1) is 0 Å². The number of hydrogen-bond acceptors (Lipinski definition) is 2. The Morgan fingerprint density at radius 3 is 2.37 bits per heavy atom. The Kier molecular flexibility index (Phi) is 5.75. The fourth-order valence-corrected chi connectivity index (χ4v) is 1.37. The van der Waals surface area contributed by atoms with Gasteiger partial charge in [-0.25, -0.2) is 8.78 Å². The molecule has 0 saturated heterocycles. The van der Waals surface area contributed by atoms with Crippen LogP contribution in [0.25, 0.3) is 0 Å². The van der Waals surface area contributed by atoms with E-state index in [1.807, 2.05) is 0 Å². The van der Waals surface area contributed by atoms with Crippen molar-refractivity contribution in [1.29, 1.82) is 0 Å². The summed E-state index contributed by atoms with van der Waals surface area (Å²) in [6, 6.07) is 6.37. The Morgan fingerprint density at radius 2 is 1.84 bits per heavy atom. The van der Waals surface area contributed by atoms with Crippen molar-refractivity contribution >= 4 is 17.4 Å². The van der Waals surface area contributed by atoms with E-state index in [-0.39, 0.29) is 6.42 Å². The quantitative estimate of drug-likeness (QED) is 0.722. The molecule has 0 aliphatic heterocycles. The zero-order chi connectivity index (χ0) is 14.5. The number of ether oxygens (including phenoxy) is 1. The molecule has 0 unspecified atom stereocenters. The average molecular weight is 299 g/mol. The normalized spacial score (nSPS) is 11.9. The number of halogens is 5. The van der Waals surface area contributed by atoms with E-state index >= 15 is 0 Å². The molecule has 106 valence electrons. The lowest BCUT2D eigenvalue weighted by molar-refractivity contribution is -0.168. The molecule has 0 radical (unpaired) electrons. The minimum absolute atomic E-state index is 0.0303. The summed E-state index contributed by atoms with van der Waals surface area (Å²) in [5, 5.41) is 0.504. The monoisotopic (exact) mass is 298 g/mol. The summed E-state index contributed by atoms with van der Waals surface area (Å²) in [4.78, 5) is 11.4. The maximum Gasteiger partial charge on any atom is 0.330 e. The van der Waals surface area contributed by atoms with Gasteiger partial charge in [0, 0.05) is 11.4 Å². The van der Waals surface area contributed by atoms with E-state index < -0.39 is 31.3 Å². The van der Waals surface area contributed by atoms with Crippen molar-refractivity contribution in [2.24, 2.45) is 0 Å². The third-order valence-corrected chi connectivity index (χ3v) is 2.44. The zero-order valence-electron chi connectivity index (χ0n) is 9.71. The third kappa shape index (κ3) is 5.57. The first-order valence-electron chi connectivity index (χ1n) is 5.31. The minimum atomic E-state index is -4.24. The summed E-state index contributed by atoms with van der Waals surface area (Å²) in [6.45, 7) is -2.11. The first-order valence-corrected chi connectivity index (χ1v) is 5.69. The summed E-state index contributed by atoms with van der Waals surface area (Å²) < 4.78 is 52.8. The summed E-state index contributed by atoms with van der Waals surface area (Å²) in [6.07, 6.45) is -3.84. The second-order valence-electron chi connectivity index (χ2n) is 3.90. The third-order valence-electron chi connectivity index (χ3n) is 2.19. The van der Waals surface area contributed by atoms with Crippen LogP contribution < -0.4 is 0 Å². The summed E-state index contributed by atoms with van der Waals surface area (Å²) >= 11 is 5.65. The Hall–Kier alpha value is -1.14. The lowest BCUT2D eigenvalue weighted by Crippen LogP contribution is -2.33. The van der Waals surface area contributed by atoms with Gasteiger partial charge >= 0.3 is 12.3 Å². The molecule has 0 aliphatic carbocycles. The summed E-state index contributed by atoms with van der Waals surface area (Å²) in [5.41, 5.74) is 0.638. The Balaban J connectivity index is 2.34. The van der Waals surface area contributed by atoms with E-state index in [0.717, 1.165) is 0 Å². The van der Waals surface area contributed by atoms with Gasteiger partial charge in [-0.05, 0) is 17.7 Å². The summed E-state index contributed by atoms with van der Waals surface area (Å²) in [5.74, 6) is -4.71. The highest BCUT2D eigenvalue weighted by molar-refractivity contribution is 6.30. The van der Waals surface area contributed by atoms with E-state index in [0.29, 0.717) is 10.6 Å². The molecule has 1 rings (SSSR count). The highest BCUT2D eigenvalue weighted by Gasteiger charge is 2.41. The van der Waals surface area contributed by atoms with Gasteiger partial charge in [-0.3, -0.25) is 4.79 Å². The number of ketones is 1. The number of Topliss-reactive ketones (excluding diaryl/α,β-unsaturated/α-hetero) is 1. The zero-order valence-corrected chi connectivity index (χ0v) is 10.5. The lowest BCUT2D eigenvalue weighted by atomic mass is 10.1. The van der Waals surface area contributed by atoms with E-state index in [1.165, 1.54) is 0 Å². The highest BCUT2D eigenvalue weighted by Crippen LogP contribution is 2.22. The Labute approximate surface area is 112 Å². The predicted octanol–water partition coefficient (Wildman–Crippen LogP) is 3.37. The van der Waals surface area contributed by atoms with Crippen molar-refractivity contribution in [3.8, 4) is 0 Å². The van der Waals surface area contributed by atoms with Gasteiger partial charge in [-0.1, -0.05) is 23.7 Å². The molecule has 19 heavy (non-hydrogen) atoms. The fraction of sp³-hybridized carbons (Fsp3) is 0.417. The van der Waals surface area contributed by atoms with Crippen molar-refractivity contribution in [3.63, 3.8) is 0 Å². The second-order valence-corrected chi connectivity index (χ2v) is 4.33. The van der Waals surface area contributed by atoms with Crippen molar-refractivity contribution in [2.75, 3.05) is 13.2 Å². The molecule has 0 saturated carbocycles. The van der Waals surface area contributed by atoms with Crippen LogP contribution >= 0.6 is 11.6 Å². The molecule has 0 spiro atoms. The maximum atomic E-state index is 12.5. The molecule has 1 aromatic rings. The summed E-state index contributed by atoms with van der Waals surface area (Å²) in [7, 11) is 0. The molecule has 1 aromatic carbocycles. The van der Waals surface area contributed by atoms with Crippen molar-refractivity contribution in [2.45, 2.75) is 18.8 Å². The van der Waals surface area contributed by atoms with E-state index in [4.69, 9.17) is 11.6 Å². The highest BCUT2D eigenvalue weighted by atomic mass is 35.5. The van der Waals surface area contributed by atoms with Crippen molar-refractivity contribution in [3.05, 3.63) is 34.9 Å². The molecule has 7 heteroatoms. The molecule has 0 aromatic heterocycles. The first-order chi connectivity index (χ1) is 8.81. The van der Waals surface area contributed by atoms with Gasteiger partial charge in [0.2, 0.25) is 0 Å². The Bertz CT molecular complexity index is 420. The lowest BCUT2D eigenvalue weighted by Gasteiger charge is -2.14. The number of rotatable bonds is 7.